The third kappa shape index (κ3) is 1.37. The second-order valence-corrected chi connectivity index (χ2v) is 3.25. The summed E-state index contributed by atoms with van der Waals surface area (Å²) in [7, 11) is 0. The van der Waals surface area contributed by atoms with Gasteiger partial charge in [-0.1, -0.05) is 19.3 Å². The largest absolute Gasteiger partial charge is 0.329 e. The average molecular weight is 141 g/mol. The van der Waals surface area contributed by atoms with E-state index in [0.717, 1.165) is 19.1 Å². The van der Waals surface area contributed by atoms with Gasteiger partial charge in [0.25, 0.3) is 0 Å². The maximum Gasteiger partial charge on any atom is 0.127 e. The van der Waals surface area contributed by atoms with E-state index in [1.165, 1.54) is 19.3 Å². The molecule has 58 valence electrons. The van der Waals surface area contributed by atoms with Crippen LogP contribution in [0.15, 0.2) is 0 Å². The Morgan fingerprint density at radius 3 is 2.20 bits per heavy atom. The molecule has 0 saturated heterocycles. The molecule has 0 amide bonds. The minimum Gasteiger partial charge on any atom is -0.329 e. The molecular weight excluding hydrogens is 126 g/mol. The standard InChI is InChI=1S/C8H15NO/c9-6-8(7-10)4-2-1-3-5-8/h7H,1-6,9H2. The molecule has 2 nitrogen and oxygen atoms in total. The quantitative estimate of drug-likeness (QED) is 0.585. The zero-order valence-electron chi connectivity index (χ0n) is 6.31. The van der Waals surface area contributed by atoms with Crippen molar-refractivity contribution in [2.24, 2.45) is 11.1 Å². The van der Waals surface area contributed by atoms with Crippen LogP contribution in [0.5, 0.6) is 0 Å². The van der Waals surface area contributed by atoms with Crippen molar-refractivity contribution in [1.29, 1.82) is 0 Å². The van der Waals surface area contributed by atoms with Gasteiger partial charge in [0.1, 0.15) is 6.29 Å². The summed E-state index contributed by atoms with van der Waals surface area (Å²) in [4.78, 5) is 10.6. The van der Waals surface area contributed by atoms with Crippen molar-refractivity contribution in [2.75, 3.05) is 6.54 Å². The van der Waals surface area contributed by atoms with E-state index in [2.05, 4.69) is 0 Å². The number of carbonyl (C=O) groups excluding carboxylic acids is 1. The summed E-state index contributed by atoms with van der Waals surface area (Å²) >= 11 is 0. The maximum atomic E-state index is 10.6. The molecule has 0 radical (unpaired) electrons. The molecule has 1 saturated carbocycles. The Morgan fingerprint density at radius 2 is 1.90 bits per heavy atom. The van der Waals surface area contributed by atoms with Gasteiger partial charge >= 0.3 is 0 Å². The van der Waals surface area contributed by atoms with E-state index in [4.69, 9.17) is 5.73 Å². The summed E-state index contributed by atoms with van der Waals surface area (Å²) in [5.74, 6) is 0. The lowest BCUT2D eigenvalue weighted by atomic mass is 9.75. The lowest BCUT2D eigenvalue weighted by Crippen LogP contribution is -2.34. The van der Waals surface area contributed by atoms with Gasteiger partial charge in [0.15, 0.2) is 0 Å². The minimum atomic E-state index is -0.141. The van der Waals surface area contributed by atoms with Gasteiger partial charge in [-0.3, -0.25) is 0 Å². The van der Waals surface area contributed by atoms with Crippen molar-refractivity contribution < 1.29 is 4.79 Å². The van der Waals surface area contributed by atoms with Crippen LogP contribution >= 0.6 is 0 Å². The molecule has 0 aromatic rings. The van der Waals surface area contributed by atoms with E-state index in [9.17, 15) is 4.79 Å². The molecule has 0 unspecified atom stereocenters. The Kier molecular flexibility index (Phi) is 2.44. The van der Waals surface area contributed by atoms with E-state index >= 15 is 0 Å². The van der Waals surface area contributed by atoms with Crippen molar-refractivity contribution in [3.05, 3.63) is 0 Å². The molecule has 1 aliphatic carbocycles. The number of hydrogen-bond acceptors (Lipinski definition) is 2. The molecule has 2 N–H and O–H groups in total. The Hall–Kier alpha value is -0.370. The molecule has 10 heavy (non-hydrogen) atoms. The third-order valence-corrected chi connectivity index (χ3v) is 2.51. The monoisotopic (exact) mass is 141 g/mol. The van der Waals surface area contributed by atoms with Gasteiger partial charge in [0, 0.05) is 12.0 Å². The summed E-state index contributed by atoms with van der Waals surface area (Å²) in [5.41, 5.74) is 5.38. The lowest BCUT2D eigenvalue weighted by Gasteiger charge is -2.30. The molecule has 0 heterocycles. The first kappa shape index (κ1) is 7.73. The fraction of sp³-hybridized carbons (Fsp3) is 0.875. The zero-order chi connectivity index (χ0) is 7.45. The van der Waals surface area contributed by atoms with E-state index in [0.29, 0.717) is 6.54 Å². The highest BCUT2D eigenvalue weighted by Gasteiger charge is 2.29. The zero-order valence-corrected chi connectivity index (χ0v) is 6.31. The van der Waals surface area contributed by atoms with Gasteiger partial charge in [-0.25, -0.2) is 0 Å². The number of aldehydes is 1. The van der Waals surface area contributed by atoms with Gasteiger partial charge in [-0.2, -0.15) is 0 Å². The topological polar surface area (TPSA) is 43.1 Å². The Bertz CT molecular complexity index is 116. The molecule has 0 spiro atoms. The summed E-state index contributed by atoms with van der Waals surface area (Å²) in [6.07, 6.45) is 6.70. The molecule has 0 bridgehead atoms. The molecule has 2 heteroatoms. The Morgan fingerprint density at radius 1 is 1.30 bits per heavy atom. The van der Waals surface area contributed by atoms with Crippen molar-refractivity contribution in [3.8, 4) is 0 Å². The highest BCUT2D eigenvalue weighted by Crippen LogP contribution is 2.32. The fourth-order valence-electron chi connectivity index (χ4n) is 1.63. The normalized spacial score (nSPS) is 24.1. The smallest absolute Gasteiger partial charge is 0.127 e. The van der Waals surface area contributed by atoms with Gasteiger partial charge in [0.05, 0.1) is 0 Å². The highest BCUT2D eigenvalue weighted by atomic mass is 16.1. The first-order valence-corrected chi connectivity index (χ1v) is 3.99. The number of rotatable bonds is 2. The molecule has 1 fully saturated rings. The van der Waals surface area contributed by atoms with E-state index in [1.807, 2.05) is 0 Å². The molecule has 0 aromatic carbocycles. The van der Waals surface area contributed by atoms with E-state index in [-0.39, 0.29) is 5.41 Å². The summed E-state index contributed by atoms with van der Waals surface area (Å²) < 4.78 is 0. The number of hydrogen-bond donors (Lipinski definition) is 1. The molecule has 0 atom stereocenters. The maximum absolute atomic E-state index is 10.6. The van der Waals surface area contributed by atoms with Crippen LogP contribution in [0, 0.1) is 5.41 Å². The van der Waals surface area contributed by atoms with Crippen molar-refractivity contribution >= 4 is 6.29 Å². The summed E-state index contributed by atoms with van der Waals surface area (Å²) in [6, 6.07) is 0. The summed E-state index contributed by atoms with van der Waals surface area (Å²) in [6.45, 7) is 0.538. The van der Waals surface area contributed by atoms with Crippen LogP contribution in [0.1, 0.15) is 32.1 Å². The third-order valence-electron chi connectivity index (χ3n) is 2.51. The van der Waals surface area contributed by atoms with Crippen LogP contribution in [0.2, 0.25) is 0 Å². The van der Waals surface area contributed by atoms with E-state index < -0.39 is 0 Å². The van der Waals surface area contributed by atoms with Crippen LogP contribution in [0.4, 0.5) is 0 Å². The Balaban J connectivity index is 2.52. The second kappa shape index (κ2) is 3.15. The lowest BCUT2D eigenvalue weighted by molar-refractivity contribution is -0.117. The van der Waals surface area contributed by atoms with Gasteiger partial charge in [-0.05, 0) is 12.8 Å². The van der Waals surface area contributed by atoms with Gasteiger partial charge in [0.2, 0.25) is 0 Å². The van der Waals surface area contributed by atoms with Crippen molar-refractivity contribution in [2.45, 2.75) is 32.1 Å². The van der Waals surface area contributed by atoms with Crippen molar-refractivity contribution in [3.63, 3.8) is 0 Å². The van der Waals surface area contributed by atoms with Gasteiger partial charge < -0.3 is 10.5 Å². The first-order chi connectivity index (χ1) is 4.83. The van der Waals surface area contributed by atoms with E-state index in [1.54, 1.807) is 0 Å². The number of nitrogens with two attached hydrogens (primary N) is 1. The van der Waals surface area contributed by atoms with Gasteiger partial charge in [-0.15, -0.1) is 0 Å². The number of carbonyl (C=O) groups is 1. The predicted octanol–water partition coefficient (Wildman–Crippen LogP) is 1.09. The van der Waals surface area contributed by atoms with Crippen LogP contribution < -0.4 is 5.73 Å². The SMILES string of the molecule is NCC1(C=O)CCCCC1. The first-order valence-electron chi connectivity index (χ1n) is 3.99. The van der Waals surface area contributed by atoms with Crippen LogP contribution in [0.25, 0.3) is 0 Å². The summed E-state index contributed by atoms with van der Waals surface area (Å²) in [5, 5.41) is 0. The minimum absolute atomic E-state index is 0.141. The Labute approximate surface area is 61.8 Å². The molecule has 0 aliphatic heterocycles. The molecule has 1 rings (SSSR count). The van der Waals surface area contributed by atoms with Crippen LogP contribution in [-0.4, -0.2) is 12.8 Å². The highest BCUT2D eigenvalue weighted by molar-refractivity contribution is 5.59. The fourth-order valence-corrected chi connectivity index (χ4v) is 1.63. The van der Waals surface area contributed by atoms with Crippen molar-refractivity contribution in [1.82, 2.24) is 0 Å². The van der Waals surface area contributed by atoms with Crippen LogP contribution in [-0.2, 0) is 4.79 Å². The molecule has 1 aliphatic rings. The molecule has 0 aromatic heterocycles. The van der Waals surface area contributed by atoms with Crippen LogP contribution in [0.3, 0.4) is 0 Å². The molecular formula is C8H15NO. The second-order valence-electron chi connectivity index (χ2n) is 3.25. The predicted molar refractivity (Wildman–Crippen MR) is 40.6 cm³/mol. The average Bonchev–Trinajstić information content (AvgIpc) is 2.06.